The molecule has 1 rings (SSSR count). The van der Waals surface area contributed by atoms with Crippen molar-refractivity contribution in [3.63, 3.8) is 0 Å². The molecule has 3 heteroatoms. The van der Waals surface area contributed by atoms with Gasteiger partial charge in [0.1, 0.15) is 0 Å². The van der Waals surface area contributed by atoms with E-state index in [-0.39, 0.29) is 23.6 Å². The molecule has 1 aromatic rings. The zero-order valence-corrected chi connectivity index (χ0v) is 10.0. The van der Waals surface area contributed by atoms with Gasteiger partial charge in [0.2, 0.25) is 0 Å². The zero-order valence-electron chi connectivity index (χ0n) is 10.0. The number of methoxy groups -OCH3 is 1. The first kappa shape index (κ1) is 13.0. The van der Waals surface area contributed by atoms with Crippen molar-refractivity contribution in [3.8, 4) is 5.75 Å². The molecule has 2 nitrogen and oxygen atoms in total. The van der Waals surface area contributed by atoms with Crippen molar-refractivity contribution < 1.29 is 14.2 Å². The molecule has 0 aromatic heterocycles. The van der Waals surface area contributed by atoms with E-state index < -0.39 is 0 Å². The molecule has 0 spiro atoms. The summed E-state index contributed by atoms with van der Waals surface area (Å²) in [5.41, 5.74) is 0.894. The van der Waals surface area contributed by atoms with E-state index in [0.29, 0.717) is 6.42 Å². The molecular weight excluding hydrogens is 207 g/mol. The Kier molecular flexibility index (Phi) is 4.74. The van der Waals surface area contributed by atoms with Crippen LogP contribution in [0.25, 0.3) is 0 Å². The van der Waals surface area contributed by atoms with E-state index in [1.165, 1.54) is 13.2 Å². The third-order valence-corrected chi connectivity index (χ3v) is 2.92. The fourth-order valence-electron chi connectivity index (χ4n) is 1.80. The summed E-state index contributed by atoms with van der Waals surface area (Å²) in [5.74, 6) is 0.0853. The largest absolute Gasteiger partial charge is 0.494 e. The van der Waals surface area contributed by atoms with Gasteiger partial charge in [-0.15, -0.1) is 0 Å². The van der Waals surface area contributed by atoms with Crippen LogP contribution in [0.2, 0.25) is 0 Å². The topological polar surface area (TPSA) is 29.5 Å². The molecule has 0 saturated heterocycles. The van der Waals surface area contributed by atoms with E-state index in [1.54, 1.807) is 13.0 Å². The highest BCUT2D eigenvalue weighted by Crippen LogP contribution is 2.21. The Bertz CT molecular complexity index is 337. The van der Waals surface area contributed by atoms with Crippen LogP contribution < -0.4 is 4.74 Å². The third-order valence-electron chi connectivity index (χ3n) is 2.92. The molecule has 0 saturated carbocycles. The minimum Gasteiger partial charge on any atom is -0.494 e. The summed E-state index contributed by atoms with van der Waals surface area (Å²) in [4.78, 5) is 0. The van der Waals surface area contributed by atoms with Crippen LogP contribution >= 0.6 is 0 Å². The van der Waals surface area contributed by atoms with Crippen LogP contribution in [0.3, 0.4) is 0 Å². The van der Waals surface area contributed by atoms with Gasteiger partial charge in [0.25, 0.3) is 0 Å². The van der Waals surface area contributed by atoms with Gasteiger partial charge in [-0.3, -0.25) is 0 Å². The second-order valence-corrected chi connectivity index (χ2v) is 4.08. The maximum Gasteiger partial charge on any atom is 0.165 e. The van der Waals surface area contributed by atoms with Crippen molar-refractivity contribution in [2.45, 2.75) is 32.8 Å². The minimum atomic E-state index is -0.366. The molecule has 0 radical (unpaired) electrons. The molecule has 2 unspecified atom stereocenters. The van der Waals surface area contributed by atoms with Gasteiger partial charge >= 0.3 is 0 Å². The number of hydrogen-bond acceptors (Lipinski definition) is 2. The summed E-state index contributed by atoms with van der Waals surface area (Å²) in [6.07, 6.45) is 1.20. The van der Waals surface area contributed by atoms with E-state index in [1.807, 2.05) is 13.0 Å². The van der Waals surface area contributed by atoms with E-state index in [4.69, 9.17) is 4.74 Å². The summed E-state index contributed by atoms with van der Waals surface area (Å²) in [7, 11) is 1.45. The standard InChI is InChI=1S/C13H19FO2/c1-4-11(9(2)15)7-10-5-6-13(16-3)12(14)8-10/h5-6,8-9,11,15H,4,7H2,1-3H3. The smallest absolute Gasteiger partial charge is 0.165 e. The van der Waals surface area contributed by atoms with Crippen molar-refractivity contribution >= 4 is 0 Å². The van der Waals surface area contributed by atoms with Gasteiger partial charge in [-0.2, -0.15) is 0 Å². The maximum atomic E-state index is 13.4. The lowest BCUT2D eigenvalue weighted by molar-refractivity contribution is 0.123. The van der Waals surface area contributed by atoms with Crippen LogP contribution in [-0.4, -0.2) is 18.3 Å². The number of ether oxygens (including phenoxy) is 1. The Balaban J connectivity index is 2.78. The molecule has 16 heavy (non-hydrogen) atoms. The monoisotopic (exact) mass is 226 g/mol. The predicted octanol–water partition coefficient (Wildman–Crippen LogP) is 2.78. The molecule has 0 aliphatic heterocycles. The van der Waals surface area contributed by atoms with E-state index in [0.717, 1.165) is 12.0 Å². The first-order chi connectivity index (χ1) is 7.58. The number of aliphatic hydroxyl groups excluding tert-OH is 1. The average molecular weight is 226 g/mol. The lowest BCUT2D eigenvalue weighted by Crippen LogP contribution is -2.18. The maximum absolute atomic E-state index is 13.4. The molecule has 90 valence electrons. The third kappa shape index (κ3) is 3.20. The summed E-state index contributed by atoms with van der Waals surface area (Å²) in [5, 5.41) is 9.53. The number of halogens is 1. The van der Waals surface area contributed by atoms with Crippen LogP contribution in [0.5, 0.6) is 5.75 Å². The molecule has 1 aromatic carbocycles. The fourth-order valence-corrected chi connectivity index (χ4v) is 1.80. The van der Waals surface area contributed by atoms with Crippen molar-refractivity contribution in [3.05, 3.63) is 29.6 Å². The second kappa shape index (κ2) is 5.85. The summed E-state index contributed by atoms with van der Waals surface area (Å²) < 4.78 is 18.3. The van der Waals surface area contributed by atoms with Crippen molar-refractivity contribution in [1.29, 1.82) is 0 Å². The van der Waals surface area contributed by atoms with Crippen LogP contribution in [0, 0.1) is 11.7 Å². The van der Waals surface area contributed by atoms with Gasteiger partial charge in [0.15, 0.2) is 11.6 Å². The van der Waals surface area contributed by atoms with Gasteiger partial charge in [0, 0.05) is 0 Å². The Morgan fingerprint density at radius 2 is 2.12 bits per heavy atom. The molecule has 0 fully saturated rings. The van der Waals surface area contributed by atoms with Crippen LogP contribution in [0.15, 0.2) is 18.2 Å². The Labute approximate surface area is 96.1 Å². The van der Waals surface area contributed by atoms with Gasteiger partial charge in [-0.25, -0.2) is 4.39 Å². The zero-order chi connectivity index (χ0) is 12.1. The second-order valence-electron chi connectivity index (χ2n) is 4.08. The summed E-state index contributed by atoms with van der Waals surface area (Å²) in [6.45, 7) is 3.80. The molecule has 0 heterocycles. The Morgan fingerprint density at radius 1 is 1.44 bits per heavy atom. The van der Waals surface area contributed by atoms with E-state index >= 15 is 0 Å². The molecular formula is C13H19FO2. The van der Waals surface area contributed by atoms with Crippen molar-refractivity contribution in [1.82, 2.24) is 0 Å². The molecule has 1 N–H and O–H groups in total. The quantitative estimate of drug-likeness (QED) is 0.836. The fraction of sp³-hybridized carbons (Fsp3) is 0.538. The summed E-state index contributed by atoms with van der Waals surface area (Å²) >= 11 is 0. The van der Waals surface area contributed by atoms with E-state index in [9.17, 15) is 9.50 Å². The first-order valence-electron chi connectivity index (χ1n) is 5.59. The molecule has 0 aliphatic carbocycles. The van der Waals surface area contributed by atoms with Gasteiger partial charge in [0.05, 0.1) is 13.2 Å². The lowest BCUT2D eigenvalue weighted by atomic mass is 9.92. The molecule has 0 amide bonds. The highest BCUT2D eigenvalue weighted by Gasteiger charge is 2.14. The van der Waals surface area contributed by atoms with Crippen molar-refractivity contribution in [2.75, 3.05) is 7.11 Å². The van der Waals surface area contributed by atoms with Gasteiger partial charge in [-0.05, 0) is 37.0 Å². The Morgan fingerprint density at radius 3 is 2.56 bits per heavy atom. The lowest BCUT2D eigenvalue weighted by Gasteiger charge is -2.18. The van der Waals surface area contributed by atoms with Crippen LogP contribution in [0.1, 0.15) is 25.8 Å². The SMILES string of the molecule is CCC(Cc1ccc(OC)c(F)c1)C(C)O. The molecule has 0 bridgehead atoms. The highest BCUT2D eigenvalue weighted by molar-refractivity contribution is 5.29. The number of aliphatic hydroxyl groups is 1. The van der Waals surface area contributed by atoms with E-state index in [2.05, 4.69) is 0 Å². The number of rotatable bonds is 5. The van der Waals surface area contributed by atoms with Gasteiger partial charge < -0.3 is 9.84 Å². The van der Waals surface area contributed by atoms with Crippen LogP contribution in [-0.2, 0) is 6.42 Å². The minimum absolute atomic E-state index is 0.174. The first-order valence-corrected chi connectivity index (χ1v) is 5.59. The van der Waals surface area contributed by atoms with Crippen molar-refractivity contribution in [2.24, 2.45) is 5.92 Å². The number of benzene rings is 1. The van der Waals surface area contributed by atoms with Gasteiger partial charge in [-0.1, -0.05) is 19.4 Å². The normalized spacial score (nSPS) is 14.6. The number of hydrogen-bond donors (Lipinski definition) is 1. The summed E-state index contributed by atoms with van der Waals surface area (Å²) in [6, 6.07) is 4.94. The average Bonchev–Trinajstić information content (AvgIpc) is 2.25. The Hall–Kier alpha value is -1.09. The van der Waals surface area contributed by atoms with Crippen LogP contribution in [0.4, 0.5) is 4.39 Å². The highest BCUT2D eigenvalue weighted by atomic mass is 19.1. The molecule has 2 atom stereocenters. The predicted molar refractivity (Wildman–Crippen MR) is 62.1 cm³/mol. The molecule has 0 aliphatic rings.